The fourth-order valence-corrected chi connectivity index (χ4v) is 1.91. The third-order valence-electron chi connectivity index (χ3n) is 2.95. The monoisotopic (exact) mass is 278 g/mol. The first-order valence-electron chi connectivity index (χ1n) is 6.79. The number of nitrogens with zero attached hydrogens (tertiary/aromatic N) is 1. The lowest BCUT2D eigenvalue weighted by atomic mass is 10.1. The predicted molar refractivity (Wildman–Crippen MR) is 77.5 cm³/mol. The number of benzene rings is 1. The lowest BCUT2D eigenvalue weighted by Gasteiger charge is -2.15. The molecule has 0 aliphatic heterocycles. The molecule has 0 atom stereocenters. The molecule has 0 radical (unpaired) electrons. The smallest absolute Gasteiger partial charge is 0.322 e. The zero-order valence-corrected chi connectivity index (χ0v) is 11.8. The molecular formula is C15H22N2O3. The summed E-state index contributed by atoms with van der Waals surface area (Å²) >= 11 is 0. The number of likely N-dealkylation sites (N-methyl/N-ethyl adjacent to an activating group) is 1. The number of aliphatic carboxylic acids is 1. The Morgan fingerprint density at radius 1 is 1.20 bits per heavy atom. The van der Waals surface area contributed by atoms with Gasteiger partial charge in [0.15, 0.2) is 0 Å². The molecule has 5 heteroatoms. The van der Waals surface area contributed by atoms with Crippen molar-refractivity contribution in [3.8, 4) is 0 Å². The number of carbonyl (C=O) groups is 2. The number of amides is 1. The van der Waals surface area contributed by atoms with Crippen molar-refractivity contribution < 1.29 is 14.7 Å². The highest BCUT2D eigenvalue weighted by Crippen LogP contribution is 2.04. The largest absolute Gasteiger partial charge is 0.480 e. The van der Waals surface area contributed by atoms with Gasteiger partial charge in [-0.3, -0.25) is 14.5 Å². The van der Waals surface area contributed by atoms with Gasteiger partial charge < -0.3 is 10.4 Å². The first-order valence-corrected chi connectivity index (χ1v) is 6.79. The van der Waals surface area contributed by atoms with Crippen LogP contribution in [-0.2, 0) is 16.0 Å². The Bertz CT molecular complexity index is 420. The Morgan fingerprint density at radius 3 is 2.55 bits per heavy atom. The van der Waals surface area contributed by atoms with Gasteiger partial charge in [-0.05, 0) is 38.4 Å². The average Bonchev–Trinajstić information content (AvgIpc) is 2.42. The fourth-order valence-electron chi connectivity index (χ4n) is 1.91. The van der Waals surface area contributed by atoms with E-state index in [1.54, 1.807) is 0 Å². The Balaban J connectivity index is 2.09. The van der Waals surface area contributed by atoms with Gasteiger partial charge in [0.2, 0.25) is 5.91 Å². The topological polar surface area (TPSA) is 69.6 Å². The third-order valence-corrected chi connectivity index (χ3v) is 2.95. The molecule has 0 heterocycles. The second-order valence-corrected chi connectivity index (χ2v) is 4.85. The molecule has 1 aromatic rings. The van der Waals surface area contributed by atoms with E-state index >= 15 is 0 Å². The van der Waals surface area contributed by atoms with Crippen LogP contribution < -0.4 is 5.32 Å². The highest BCUT2D eigenvalue weighted by molar-refractivity contribution is 5.82. The van der Waals surface area contributed by atoms with Crippen LogP contribution in [0.4, 0.5) is 0 Å². The molecule has 5 nitrogen and oxygen atoms in total. The molecule has 20 heavy (non-hydrogen) atoms. The van der Waals surface area contributed by atoms with Crippen LogP contribution in [0.25, 0.3) is 0 Å². The van der Waals surface area contributed by atoms with Crippen molar-refractivity contribution in [1.29, 1.82) is 0 Å². The maximum Gasteiger partial charge on any atom is 0.322 e. The van der Waals surface area contributed by atoms with E-state index < -0.39 is 5.97 Å². The molecule has 2 N–H and O–H groups in total. The summed E-state index contributed by atoms with van der Waals surface area (Å²) in [5.41, 5.74) is 1.33. The molecule has 0 aliphatic rings. The molecule has 1 aromatic carbocycles. The van der Waals surface area contributed by atoms with E-state index in [9.17, 15) is 9.59 Å². The van der Waals surface area contributed by atoms with Crippen molar-refractivity contribution in [1.82, 2.24) is 10.2 Å². The number of rotatable bonds is 9. The zero-order chi connectivity index (χ0) is 14.8. The Morgan fingerprint density at radius 2 is 1.90 bits per heavy atom. The SMILES string of the molecule is CN(CCCCc1ccccc1)CC(=O)NCC(=O)O. The number of aryl methyl sites for hydroxylation is 1. The summed E-state index contributed by atoms with van der Waals surface area (Å²) < 4.78 is 0. The number of hydrogen-bond acceptors (Lipinski definition) is 3. The van der Waals surface area contributed by atoms with E-state index in [1.807, 2.05) is 30.1 Å². The van der Waals surface area contributed by atoms with E-state index in [0.29, 0.717) is 0 Å². The maximum absolute atomic E-state index is 11.4. The van der Waals surface area contributed by atoms with E-state index in [0.717, 1.165) is 25.8 Å². The predicted octanol–water partition coefficient (Wildman–Crippen LogP) is 1.14. The molecule has 0 fully saturated rings. The number of carboxylic acid groups (broad SMARTS) is 1. The van der Waals surface area contributed by atoms with Gasteiger partial charge in [-0.1, -0.05) is 30.3 Å². The molecule has 0 saturated heterocycles. The average molecular weight is 278 g/mol. The van der Waals surface area contributed by atoms with Crippen LogP contribution in [0.5, 0.6) is 0 Å². The lowest BCUT2D eigenvalue weighted by molar-refractivity contribution is -0.138. The van der Waals surface area contributed by atoms with Crippen LogP contribution in [0.1, 0.15) is 18.4 Å². The van der Waals surface area contributed by atoms with Crippen molar-refractivity contribution in [3.63, 3.8) is 0 Å². The number of carbonyl (C=O) groups excluding carboxylic acids is 1. The van der Waals surface area contributed by atoms with Crippen molar-refractivity contribution in [2.45, 2.75) is 19.3 Å². The van der Waals surface area contributed by atoms with Crippen LogP contribution in [0.15, 0.2) is 30.3 Å². The van der Waals surface area contributed by atoms with Gasteiger partial charge in [-0.15, -0.1) is 0 Å². The summed E-state index contributed by atoms with van der Waals surface area (Å²) in [6.07, 6.45) is 3.13. The molecule has 110 valence electrons. The van der Waals surface area contributed by atoms with Crippen LogP contribution in [-0.4, -0.2) is 48.6 Å². The van der Waals surface area contributed by atoms with Crippen molar-refractivity contribution in [2.75, 3.05) is 26.7 Å². The molecular weight excluding hydrogens is 256 g/mol. The molecule has 0 bridgehead atoms. The first kappa shape index (κ1) is 16.2. The highest BCUT2D eigenvalue weighted by Gasteiger charge is 2.07. The summed E-state index contributed by atoms with van der Waals surface area (Å²) in [4.78, 5) is 23.6. The molecule has 0 aromatic heterocycles. The number of hydrogen-bond donors (Lipinski definition) is 2. The minimum Gasteiger partial charge on any atom is -0.480 e. The first-order chi connectivity index (χ1) is 9.58. The summed E-state index contributed by atoms with van der Waals surface area (Å²) in [6, 6.07) is 10.3. The molecule has 0 aliphatic carbocycles. The number of nitrogens with one attached hydrogen (secondary N) is 1. The molecule has 1 rings (SSSR count). The van der Waals surface area contributed by atoms with Crippen molar-refractivity contribution in [2.24, 2.45) is 0 Å². The number of unbranched alkanes of at least 4 members (excludes halogenated alkanes) is 1. The number of carboxylic acids is 1. The van der Waals surface area contributed by atoms with E-state index in [2.05, 4.69) is 17.4 Å². The van der Waals surface area contributed by atoms with Gasteiger partial charge in [0.1, 0.15) is 6.54 Å². The van der Waals surface area contributed by atoms with E-state index in [-0.39, 0.29) is 19.0 Å². The van der Waals surface area contributed by atoms with Gasteiger partial charge in [-0.2, -0.15) is 0 Å². The molecule has 0 saturated carbocycles. The second kappa shape index (κ2) is 9.09. The normalized spacial score (nSPS) is 10.5. The van der Waals surface area contributed by atoms with Crippen LogP contribution in [0.2, 0.25) is 0 Å². The minimum atomic E-state index is -1.02. The summed E-state index contributed by atoms with van der Waals surface area (Å²) in [5, 5.41) is 10.8. The van der Waals surface area contributed by atoms with Gasteiger partial charge in [0.05, 0.1) is 6.54 Å². The van der Waals surface area contributed by atoms with E-state index in [1.165, 1.54) is 5.56 Å². The minimum absolute atomic E-state index is 0.235. The standard InChI is InChI=1S/C15H22N2O3/c1-17(12-14(18)16-11-15(19)20)10-6-5-9-13-7-3-2-4-8-13/h2-4,7-8H,5-6,9-12H2,1H3,(H,16,18)(H,19,20). The molecule has 0 unspecified atom stereocenters. The third kappa shape index (κ3) is 7.53. The zero-order valence-electron chi connectivity index (χ0n) is 11.8. The maximum atomic E-state index is 11.4. The molecule has 1 amide bonds. The quantitative estimate of drug-likeness (QED) is 0.665. The highest BCUT2D eigenvalue weighted by atomic mass is 16.4. The van der Waals surface area contributed by atoms with Crippen LogP contribution in [0.3, 0.4) is 0 Å². The van der Waals surface area contributed by atoms with Gasteiger partial charge >= 0.3 is 5.97 Å². The van der Waals surface area contributed by atoms with Gasteiger partial charge in [0, 0.05) is 0 Å². The summed E-state index contributed by atoms with van der Waals surface area (Å²) in [6.45, 7) is 0.743. The Kier molecular flexibility index (Phi) is 7.35. The summed E-state index contributed by atoms with van der Waals surface area (Å²) in [7, 11) is 1.86. The fraction of sp³-hybridized carbons (Fsp3) is 0.467. The van der Waals surface area contributed by atoms with Gasteiger partial charge in [0.25, 0.3) is 0 Å². The van der Waals surface area contributed by atoms with E-state index in [4.69, 9.17) is 5.11 Å². The summed E-state index contributed by atoms with van der Waals surface area (Å²) in [5.74, 6) is -1.28. The second-order valence-electron chi connectivity index (χ2n) is 4.85. The lowest BCUT2D eigenvalue weighted by Crippen LogP contribution is -2.38. The van der Waals surface area contributed by atoms with Gasteiger partial charge in [-0.25, -0.2) is 0 Å². The van der Waals surface area contributed by atoms with Crippen LogP contribution >= 0.6 is 0 Å². The van der Waals surface area contributed by atoms with Crippen LogP contribution in [0, 0.1) is 0 Å². The Hall–Kier alpha value is -1.88. The molecule has 0 spiro atoms. The van der Waals surface area contributed by atoms with Crippen molar-refractivity contribution in [3.05, 3.63) is 35.9 Å². The Labute approximate surface area is 119 Å². The van der Waals surface area contributed by atoms with Crippen molar-refractivity contribution >= 4 is 11.9 Å².